The lowest BCUT2D eigenvalue weighted by Gasteiger charge is -2.29. The van der Waals surface area contributed by atoms with Crippen molar-refractivity contribution in [3.05, 3.63) is 82.6 Å². The molecule has 5 nitrogen and oxygen atoms in total. The van der Waals surface area contributed by atoms with Crippen molar-refractivity contribution in [1.29, 1.82) is 0 Å². The molecule has 1 aliphatic heterocycles. The Morgan fingerprint density at radius 2 is 1.68 bits per heavy atom. The van der Waals surface area contributed by atoms with Gasteiger partial charge in [0.15, 0.2) is 0 Å². The summed E-state index contributed by atoms with van der Waals surface area (Å²) in [5.41, 5.74) is 1.63. The van der Waals surface area contributed by atoms with Crippen LogP contribution in [0.15, 0.2) is 72.1 Å². The van der Waals surface area contributed by atoms with E-state index in [9.17, 15) is 14.4 Å². The van der Waals surface area contributed by atoms with Crippen molar-refractivity contribution < 1.29 is 14.4 Å². The van der Waals surface area contributed by atoms with Crippen LogP contribution in [0.1, 0.15) is 23.3 Å². The maximum absolute atomic E-state index is 13.2. The fourth-order valence-corrected chi connectivity index (χ4v) is 4.84. The van der Waals surface area contributed by atoms with E-state index in [4.69, 9.17) is 0 Å². The van der Waals surface area contributed by atoms with Gasteiger partial charge in [0.1, 0.15) is 0 Å². The molecule has 4 rings (SSSR count). The van der Waals surface area contributed by atoms with Gasteiger partial charge in [0, 0.05) is 31.8 Å². The summed E-state index contributed by atoms with van der Waals surface area (Å²) in [6.07, 6.45) is -0.0277. The summed E-state index contributed by atoms with van der Waals surface area (Å²) >= 11 is 1.58. The number of thiophene rings is 1. The summed E-state index contributed by atoms with van der Waals surface area (Å²) in [5.74, 6) is -0.731. The largest absolute Gasteiger partial charge is 0.341 e. The van der Waals surface area contributed by atoms with Crippen LogP contribution in [0.5, 0.6) is 0 Å². The van der Waals surface area contributed by atoms with Crippen molar-refractivity contribution in [2.24, 2.45) is 0 Å². The minimum atomic E-state index is -1.16. The third-order valence-electron chi connectivity index (χ3n) is 5.94. The van der Waals surface area contributed by atoms with E-state index in [1.54, 1.807) is 23.3 Å². The lowest BCUT2D eigenvalue weighted by atomic mass is 9.75. The van der Waals surface area contributed by atoms with E-state index in [0.29, 0.717) is 12.1 Å². The van der Waals surface area contributed by atoms with E-state index in [2.05, 4.69) is 0 Å². The molecule has 1 aliphatic rings. The van der Waals surface area contributed by atoms with Gasteiger partial charge in [0.2, 0.25) is 17.7 Å². The molecule has 158 valence electrons. The number of likely N-dealkylation sites (tertiary alicyclic amines) is 1. The predicted molar refractivity (Wildman–Crippen MR) is 121 cm³/mol. The van der Waals surface area contributed by atoms with Crippen LogP contribution in [-0.4, -0.2) is 41.6 Å². The van der Waals surface area contributed by atoms with E-state index < -0.39 is 5.41 Å². The van der Waals surface area contributed by atoms with Gasteiger partial charge >= 0.3 is 0 Å². The van der Waals surface area contributed by atoms with Crippen molar-refractivity contribution in [3.63, 3.8) is 0 Å². The Balaban J connectivity index is 1.64. The van der Waals surface area contributed by atoms with E-state index in [0.717, 1.165) is 20.9 Å². The summed E-state index contributed by atoms with van der Waals surface area (Å²) in [6, 6.07) is 21.5. The first kappa shape index (κ1) is 21.0. The van der Waals surface area contributed by atoms with Crippen LogP contribution < -0.4 is 0 Å². The Morgan fingerprint density at radius 3 is 2.26 bits per heavy atom. The van der Waals surface area contributed by atoms with Gasteiger partial charge in [0.25, 0.3) is 0 Å². The highest BCUT2D eigenvalue weighted by atomic mass is 32.1. The van der Waals surface area contributed by atoms with E-state index in [-0.39, 0.29) is 30.6 Å². The minimum Gasteiger partial charge on any atom is -0.341 e. The normalized spacial score (nSPS) is 18.5. The average Bonchev–Trinajstić information content (AvgIpc) is 3.37. The maximum Gasteiger partial charge on any atom is 0.240 e. The van der Waals surface area contributed by atoms with Crippen LogP contribution in [0.2, 0.25) is 0 Å². The third kappa shape index (κ3) is 4.03. The molecular formula is C25H24N2O3S. The SMILES string of the molecule is CN(Cc1cccs1)C(=O)CC1(c2ccc(-c3ccccc3)cc2)CC(=O)N(C)C1=O. The lowest BCUT2D eigenvalue weighted by molar-refractivity contribution is -0.141. The topological polar surface area (TPSA) is 57.7 Å². The van der Waals surface area contributed by atoms with Crippen LogP contribution in [0.3, 0.4) is 0 Å². The minimum absolute atomic E-state index is 0.00555. The fraction of sp³-hybridized carbons (Fsp3) is 0.240. The monoisotopic (exact) mass is 432 g/mol. The lowest BCUT2D eigenvalue weighted by Crippen LogP contribution is -2.41. The molecule has 31 heavy (non-hydrogen) atoms. The maximum atomic E-state index is 13.2. The molecule has 1 unspecified atom stereocenters. The molecular weight excluding hydrogens is 408 g/mol. The van der Waals surface area contributed by atoms with E-state index >= 15 is 0 Å². The number of amides is 3. The van der Waals surface area contributed by atoms with Gasteiger partial charge < -0.3 is 4.90 Å². The summed E-state index contributed by atoms with van der Waals surface area (Å²) in [4.78, 5) is 42.6. The van der Waals surface area contributed by atoms with Gasteiger partial charge in [-0.15, -0.1) is 11.3 Å². The quantitative estimate of drug-likeness (QED) is 0.551. The molecule has 6 heteroatoms. The van der Waals surface area contributed by atoms with Crippen molar-refractivity contribution in [2.75, 3.05) is 14.1 Å². The summed E-state index contributed by atoms with van der Waals surface area (Å²) in [5, 5.41) is 1.97. The molecule has 2 aromatic carbocycles. The van der Waals surface area contributed by atoms with Gasteiger partial charge in [-0.25, -0.2) is 0 Å². The van der Waals surface area contributed by atoms with E-state index in [1.807, 2.05) is 72.1 Å². The van der Waals surface area contributed by atoms with Gasteiger partial charge in [-0.05, 0) is 28.1 Å². The number of carbonyl (C=O) groups is 3. The summed E-state index contributed by atoms with van der Waals surface area (Å²) < 4.78 is 0. The van der Waals surface area contributed by atoms with Gasteiger partial charge in [0.05, 0.1) is 12.0 Å². The third-order valence-corrected chi connectivity index (χ3v) is 6.80. The molecule has 1 fully saturated rings. The van der Waals surface area contributed by atoms with Crippen LogP contribution in [0.4, 0.5) is 0 Å². The summed E-state index contributed by atoms with van der Waals surface area (Å²) in [7, 11) is 3.23. The zero-order valence-electron chi connectivity index (χ0n) is 17.6. The Bertz CT molecular complexity index is 1090. The van der Waals surface area contributed by atoms with Crippen LogP contribution in [-0.2, 0) is 26.3 Å². The molecule has 0 saturated carbocycles. The first-order chi connectivity index (χ1) is 14.9. The molecule has 3 aromatic rings. The Hall–Kier alpha value is -3.25. The van der Waals surface area contributed by atoms with Crippen LogP contribution in [0.25, 0.3) is 11.1 Å². The second kappa shape index (κ2) is 8.47. The average molecular weight is 433 g/mol. The molecule has 0 N–H and O–H groups in total. The number of rotatable bonds is 6. The van der Waals surface area contributed by atoms with Crippen molar-refractivity contribution in [2.45, 2.75) is 24.8 Å². The number of benzene rings is 2. The molecule has 2 heterocycles. The molecule has 1 saturated heterocycles. The van der Waals surface area contributed by atoms with Gasteiger partial charge in [-0.2, -0.15) is 0 Å². The van der Waals surface area contributed by atoms with Crippen molar-refractivity contribution >= 4 is 29.1 Å². The smallest absolute Gasteiger partial charge is 0.240 e. The Morgan fingerprint density at radius 1 is 1.00 bits per heavy atom. The number of hydrogen-bond acceptors (Lipinski definition) is 4. The highest BCUT2D eigenvalue weighted by molar-refractivity contribution is 7.09. The Labute approximate surface area is 185 Å². The van der Waals surface area contributed by atoms with Gasteiger partial charge in [-0.1, -0.05) is 60.7 Å². The van der Waals surface area contributed by atoms with E-state index in [1.165, 1.54) is 7.05 Å². The first-order valence-corrected chi connectivity index (χ1v) is 11.0. The van der Waals surface area contributed by atoms with Crippen LogP contribution >= 0.6 is 11.3 Å². The molecule has 1 atom stereocenters. The van der Waals surface area contributed by atoms with Crippen LogP contribution in [0, 0.1) is 0 Å². The number of nitrogens with zero attached hydrogens (tertiary/aromatic N) is 2. The molecule has 0 bridgehead atoms. The highest BCUT2D eigenvalue weighted by Crippen LogP contribution is 2.40. The van der Waals surface area contributed by atoms with Crippen molar-refractivity contribution in [3.8, 4) is 11.1 Å². The highest BCUT2D eigenvalue weighted by Gasteiger charge is 2.52. The number of hydrogen-bond donors (Lipinski definition) is 0. The zero-order valence-corrected chi connectivity index (χ0v) is 18.4. The number of imide groups is 1. The predicted octanol–water partition coefficient (Wildman–Crippen LogP) is 4.09. The number of carbonyl (C=O) groups excluding carboxylic acids is 3. The standard InChI is InChI=1S/C25H24N2O3S/c1-26(17-21-9-6-14-31-21)22(28)15-25(16-23(29)27(2)24(25)30)20-12-10-19(11-13-20)18-7-4-3-5-8-18/h3-14H,15-17H2,1-2H3. The second-order valence-corrected chi connectivity index (χ2v) is 9.00. The molecule has 3 amide bonds. The molecule has 0 aliphatic carbocycles. The molecule has 0 spiro atoms. The first-order valence-electron chi connectivity index (χ1n) is 10.1. The summed E-state index contributed by atoms with van der Waals surface area (Å²) in [6.45, 7) is 0.484. The zero-order chi connectivity index (χ0) is 22.0. The number of likely N-dealkylation sites (N-methyl/N-ethyl adjacent to an activating group) is 1. The Kier molecular flexibility index (Phi) is 5.74. The van der Waals surface area contributed by atoms with Gasteiger partial charge in [-0.3, -0.25) is 19.3 Å². The van der Waals surface area contributed by atoms with Crippen molar-refractivity contribution in [1.82, 2.24) is 9.80 Å². The molecule has 0 radical (unpaired) electrons. The fourth-order valence-electron chi connectivity index (χ4n) is 4.08. The molecule has 1 aromatic heterocycles. The second-order valence-electron chi connectivity index (χ2n) is 7.97.